The Balaban J connectivity index is 1.82. The van der Waals surface area contributed by atoms with Gasteiger partial charge in [-0.1, -0.05) is 17.8 Å². The number of anilines is 1. The first-order chi connectivity index (χ1) is 9.20. The Hall–Kier alpha value is -1.89. The average Bonchev–Trinajstić information content (AvgIpc) is 2.75. The second kappa shape index (κ2) is 6.33. The lowest BCUT2D eigenvalue weighted by Crippen LogP contribution is -2.16. The maximum absolute atomic E-state index is 11.3. The highest BCUT2D eigenvalue weighted by Crippen LogP contribution is 2.16. The van der Waals surface area contributed by atoms with E-state index >= 15 is 0 Å². The van der Waals surface area contributed by atoms with Crippen LogP contribution in [-0.2, 0) is 6.54 Å². The molecular weight excluding hydrogens is 264 g/mol. The van der Waals surface area contributed by atoms with Gasteiger partial charge in [0.1, 0.15) is 5.75 Å². The number of thioether (sulfide) groups is 1. The third-order valence-corrected chi connectivity index (χ3v) is 3.42. The fourth-order valence-electron chi connectivity index (χ4n) is 1.59. The van der Waals surface area contributed by atoms with Crippen LogP contribution in [0.25, 0.3) is 0 Å². The van der Waals surface area contributed by atoms with Crippen LogP contribution in [0.4, 0.5) is 5.69 Å². The van der Waals surface area contributed by atoms with Gasteiger partial charge in [-0.2, -0.15) is 0 Å². The molecule has 2 aromatic rings. The molecular formula is C12H16N4O2S. The van der Waals surface area contributed by atoms with Crippen molar-refractivity contribution in [1.29, 1.82) is 0 Å². The second-order valence-corrected chi connectivity index (χ2v) is 4.89. The molecule has 0 saturated heterocycles. The molecule has 0 amide bonds. The number of hydrogen-bond acceptors (Lipinski definition) is 5. The Labute approximate surface area is 115 Å². The van der Waals surface area contributed by atoms with Crippen molar-refractivity contribution in [2.45, 2.75) is 18.6 Å². The molecule has 0 unspecified atom stereocenters. The summed E-state index contributed by atoms with van der Waals surface area (Å²) in [5, 5.41) is 7.08. The lowest BCUT2D eigenvalue weighted by molar-refractivity contribution is 0.344. The number of rotatable bonds is 6. The molecule has 1 heterocycles. The average molecular weight is 280 g/mol. The van der Waals surface area contributed by atoms with Crippen LogP contribution in [-0.4, -0.2) is 27.1 Å². The van der Waals surface area contributed by atoms with Crippen molar-refractivity contribution in [1.82, 2.24) is 14.8 Å². The zero-order valence-electron chi connectivity index (χ0n) is 10.6. The van der Waals surface area contributed by atoms with Crippen molar-refractivity contribution in [2.24, 2.45) is 0 Å². The van der Waals surface area contributed by atoms with Crippen molar-refractivity contribution in [2.75, 3.05) is 18.1 Å². The van der Waals surface area contributed by atoms with Crippen LogP contribution in [0.2, 0.25) is 0 Å². The smallest absolute Gasteiger partial charge is 0.343 e. The number of nitrogens with one attached hydrogen (secondary N) is 1. The van der Waals surface area contributed by atoms with Gasteiger partial charge in [0, 0.05) is 24.1 Å². The number of nitrogen functional groups attached to an aromatic ring is 1. The van der Waals surface area contributed by atoms with E-state index in [1.54, 1.807) is 10.6 Å². The second-order valence-electron chi connectivity index (χ2n) is 3.83. The quantitative estimate of drug-likeness (QED) is 0.474. The van der Waals surface area contributed by atoms with Crippen molar-refractivity contribution in [3.05, 3.63) is 34.7 Å². The third-order valence-electron chi connectivity index (χ3n) is 2.48. The molecule has 6 nitrogen and oxygen atoms in total. The summed E-state index contributed by atoms with van der Waals surface area (Å²) in [7, 11) is 0. The van der Waals surface area contributed by atoms with E-state index in [4.69, 9.17) is 10.5 Å². The summed E-state index contributed by atoms with van der Waals surface area (Å²) >= 11 is 1.48. The number of nitrogens with zero attached hydrogens (tertiary/aromatic N) is 2. The Morgan fingerprint density at radius 3 is 3.11 bits per heavy atom. The molecule has 0 aliphatic rings. The molecule has 7 heteroatoms. The molecule has 0 aliphatic carbocycles. The van der Waals surface area contributed by atoms with E-state index in [0.717, 1.165) is 5.75 Å². The van der Waals surface area contributed by atoms with E-state index in [0.29, 0.717) is 29.7 Å². The van der Waals surface area contributed by atoms with Crippen molar-refractivity contribution in [3.63, 3.8) is 0 Å². The van der Waals surface area contributed by atoms with Crippen molar-refractivity contribution >= 4 is 17.4 Å². The predicted molar refractivity (Wildman–Crippen MR) is 75.6 cm³/mol. The van der Waals surface area contributed by atoms with Gasteiger partial charge < -0.3 is 10.5 Å². The number of ether oxygens (including phenoxy) is 1. The SMILES string of the molecule is CCn1c(SCCOc2cccc(N)c2)n[nH]c1=O. The van der Waals surface area contributed by atoms with Crippen LogP contribution in [0.1, 0.15) is 6.92 Å². The topological polar surface area (TPSA) is 85.9 Å². The zero-order chi connectivity index (χ0) is 13.7. The van der Waals surface area contributed by atoms with Crippen molar-refractivity contribution in [3.8, 4) is 5.75 Å². The Bertz CT molecular complexity index is 593. The van der Waals surface area contributed by atoms with Gasteiger partial charge in [-0.15, -0.1) is 5.10 Å². The molecule has 0 radical (unpaired) electrons. The summed E-state index contributed by atoms with van der Waals surface area (Å²) in [6, 6.07) is 7.30. The van der Waals surface area contributed by atoms with Gasteiger partial charge in [0.15, 0.2) is 5.16 Å². The van der Waals surface area contributed by atoms with E-state index < -0.39 is 0 Å². The Morgan fingerprint density at radius 2 is 2.37 bits per heavy atom. The van der Waals surface area contributed by atoms with Gasteiger partial charge in [0.25, 0.3) is 0 Å². The standard InChI is InChI=1S/C12H16N4O2S/c1-2-16-11(17)14-15-12(16)19-7-6-18-10-5-3-4-9(13)8-10/h3-5,8H,2,6-7,13H2,1H3,(H,14,17). The highest BCUT2D eigenvalue weighted by atomic mass is 32.2. The lowest BCUT2D eigenvalue weighted by atomic mass is 10.3. The van der Waals surface area contributed by atoms with Crippen LogP contribution in [0.15, 0.2) is 34.2 Å². The molecule has 1 aromatic heterocycles. The molecule has 0 spiro atoms. The summed E-state index contributed by atoms with van der Waals surface area (Å²) in [5.41, 5.74) is 6.16. The molecule has 19 heavy (non-hydrogen) atoms. The molecule has 1 aromatic carbocycles. The number of H-pyrrole nitrogens is 1. The normalized spacial score (nSPS) is 10.6. The minimum absolute atomic E-state index is 0.179. The van der Waals surface area contributed by atoms with Gasteiger partial charge in [-0.25, -0.2) is 9.89 Å². The van der Waals surface area contributed by atoms with E-state index in [-0.39, 0.29) is 5.69 Å². The van der Waals surface area contributed by atoms with Crippen LogP contribution < -0.4 is 16.2 Å². The molecule has 3 N–H and O–H groups in total. The van der Waals surface area contributed by atoms with Crippen LogP contribution in [0.5, 0.6) is 5.75 Å². The van der Waals surface area contributed by atoms with Crippen molar-refractivity contribution < 1.29 is 4.74 Å². The first-order valence-corrected chi connectivity index (χ1v) is 6.95. The summed E-state index contributed by atoms with van der Waals surface area (Å²) in [5.74, 6) is 1.45. The molecule has 2 rings (SSSR count). The molecule has 0 bridgehead atoms. The maximum atomic E-state index is 11.3. The Morgan fingerprint density at radius 1 is 1.53 bits per heavy atom. The number of aromatic amines is 1. The van der Waals surface area contributed by atoms with Gasteiger partial charge in [0.2, 0.25) is 0 Å². The first kappa shape index (κ1) is 13.5. The van der Waals surface area contributed by atoms with Crippen LogP contribution >= 0.6 is 11.8 Å². The largest absolute Gasteiger partial charge is 0.493 e. The van der Waals surface area contributed by atoms with Gasteiger partial charge in [0.05, 0.1) is 6.61 Å². The zero-order valence-corrected chi connectivity index (χ0v) is 11.4. The molecule has 102 valence electrons. The van der Waals surface area contributed by atoms with Gasteiger partial charge in [-0.3, -0.25) is 4.57 Å². The monoisotopic (exact) mass is 280 g/mol. The van der Waals surface area contributed by atoms with E-state index in [1.165, 1.54) is 11.8 Å². The minimum atomic E-state index is -0.179. The summed E-state index contributed by atoms with van der Waals surface area (Å²) < 4.78 is 7.15. The highest BCUT2D eigenvalue weighted by Gasteiger charge is 2.06. The van der Waals surface area contributed by atoms with E-state index in [2.05, 4.69) is 10.2 Å². The molecule has 0 atom stereocenters. The van der Waals surface area contributed by atoms with E-state index in [9.17, 15) is 4.79 Å². The first-order valence-electron chi connectivity index (χ1n) is 5.97. The molecule has 0 saturated carbocycles. The predicted octanol–water partition coefficient (Wildman–Crippen LogP) is 1.34. The number of nitrogens with two attached hydrogens (primary N) is 1. The third kappa shape index (κ3) is 3.54. The molecule has 0 aliphatic heterocycles. The number of benzene rings is 1. The fraction of sp³-hybridized carbons (Fsp3) is 0.333. The Kier molecular flexibility index (Phi) is 4.51. The number of hydrogen-bond donors (Lipinski definition) is 2. The summed E-state index contributed by atoms with van der Waals surface area (Å²) in [6.07, 6.45) is 0. The van der Waals surface area contributed by atoms with Gasteiger partial charge >= 0.3 is 5.69 Å². The van der Waals surface area contributed by atoms with Gasteiger partial charge in [-0.05, 0) is 19.1 Å². The van der Waals surface area contributed by atoms with Crippen LogP contribution in [0.3, 0.4) is 0 Å². The summed E-state index contributed by atoms with van der Waals surface area (Å²) in [4.78, 5) is 11.3. The highest BCUT2D eigenvalue weighted by molar-refractivity contribution is 7.99. The van der Waals surface area contributed by atoms with E-state index in [1.807, 2.05) is 25.1 Å². The molecule has 0 fully saturated rings. The maximum Gasteiger partial charge on any atom is 0.343 e. The minimum Gasteiger partial charge on any atom is -0.493 e. The number of aromatic nitrogens is 3. The summed E-state index contributed by atoms with van der Waals surface area (Å²) in [6.45, 7) is 3.04. The van der Waals surface area contributed by atoms with Crippen LogP contribution in [0, 0.1) is 0 Å². The lowest BCUT2D eigenvalue weighted by Gasteiger charge is -2.06. The fourth-order valence-corrected chi connectivity index (χ4v) is 2.42.